The molecule has 112 valence electrons. The molecule has 0 spiro atoms. The molecule has 1 N–H and O–H groups in total. The minimum Gasteiger partial charge on any atom is -0.497 e. The molecule has 0 saturated heterocycles. The Balaban J connectivity index is 2.30. The molecule has 21 heavy (non-hydrogen) atoms. The number of carbonyl (C=O) groups is 1. The SMILES string of the molecule is CCc1noc(NC(=O)c2c(F)cc(OC)cc2F)c1C. The van der Waals surface area contributed by atoms with Gasteiger partial charge in [0.05, 0.1) is 12.8 Å². The van der Waals surface area contributed by atoms with Crippen molar-refractivity contribution in [3.63, 3.8) is 0 Å². The molecule has 7 heteroatoms. The van der Waals surface area contributed by atoms with Crippen LogP contribution in [0.5, 0.6) is 5.75 Å². The first kappa shape index (κ1) is 15.0. The molecular formula is C14H14F2N2O3. The number of aryl methyl sites for hydroxylation is 1. The fourth-order valence-corrected chi connectivity index (χ4v) is 1.87. The van der Waals surface area contributed by atoms with Gasteiger partial charge in [-0.2, -0.15) is 0 Å². The normalized spacial score (nSPS) is 10.5. The number of aromatic nitrogens is 1. The van der Waals surface area contributed by atoms with Crippen LogP contribution in [0.3, 0.4) is 0 Å². The van der Waals surface area contributed by atoms with E-state index < -0.39 is 23.1 Å². The maximum absolute atomic E-state index is 13.8. The molecule has 1 aromatic carbocycles. The van der Waals surface area contributed by atoms with Gasteiger partial charge >= 0.3 is 0 Å². The Bertz CT molecular complexity index is 660. The molecule has 2 rings (SSSR count). The number of benzene rings is 1. The first-order chi connectivity index (χ1) is 9.97. The largest absolute Gasteiger partial charge is 0.497 e. The zero-order chi connectivity index (χ0) is 15.6. The van der Waals surface area contributed by atoms with Crippen molar-refractivity contribution in [3.05, 3.63) is 40.6 Å². The van der Waals surface area contributed by atoms with Gasteiger partial charge in [-0.25, -0.2) is 8.78 Å². The summed E-state index contributed by atoms with van der Waals surface area (Å²) in [6, 6.07) is 1.87. The van der Waals surface area contributed by atoms with Gasteiger partial charge in [0, 0.05) is 17.7 Å². The Morgan fingerprint density at radius 1 is 1.38 bits per heavy atom. The van der Waals surface area contributed by atoms with Crippen molar-refractivity contribution in [3.8, 4) is 5.75 Å². The zero-order valence-corrected chi connectivity index (χ0v) is 11.8. The summed E-state index contributed by atoms with van der Waals surface area (Å²) in [6.07, 6.45) is 0.621. The number of hydrogen-bond donors (Lipinski definition) is 1. The Morgan fingerprint density at radius 2 is 2.00 bits per heavy atom. The number of halogens is 2. The van der Waals surface area contributed by atoms with Crippen molar-refractivity contribution in [1.82, 2.24) is 5.16 Å². The van der Waals surface area contributed by atoms with E-state index in [1.807, 2.05) is 6.92 Å². The molecule has 0 atom stereocenters. The number of hydrogen-bond acceptors (Lipinski definition) is 4. The van der Waals surface area contributed by atoms with Crippen LogP contribution in [0.4, 0.5) is 14.7 Å². The summed E-state index contributed by atoms with van der Waals surface area (Å²) < 4.78 is 37.3. The number of nitrogens with zero attached hydrogens (tertiary/aromatic N) is 1. The van der Waals surface area contributed by atoms with E-state index >= 15 is 0 Å². The maximum atomic E-state index is 13.8. The number of amides is 1. The Labute approximate surface area is 119 Å². The minimum atomic E-state index is -1.02. The number of rotatable bonds is 4. The van der Waals surface area contributed by atoms with Gasteiger partial charge in [0.25, 0.3) is 5.91 Å². The Hall–Kier alpha value is -2.44. The number of ether oxygens (including phenoxy) is 1. The average molecular weight is 296 g/mol. The summed E-state index contributed by atoms with van der Waals surface area (Å²) in [5.41, 5.74) is 0.589. The zero-order valence-electron chi connectivity index (χ0n) is 11.8. The minimum absolute atomic E-state index is 0.00864. The molecule has 0 radical (unpaired) electrons. The quantitative estimate of drug-likeness (QED) is 0.941. The van der Waals surface area contributed by atoms with E-state index in [4.69, 9.17) is 9.26 Å². The van der Waals surface area contributed by atoms with Gasteiger partial charge in [0.2, 0.25) is 5.88 Å². The molecule has 2 aromatic rings. The van der Waals surface area contributed by atoms with Gasteiger partial charge in [-0.05, 0) is 13.3 Å². The summed E-state index contributed by atoms with van der Waals surface area (Å²) in [4.78, 5) is 12.0. The lowest BCUT2D eigenvalue weighted by atomic mass is 10.1. The standard InChI is InChI=1S/C14H14F2N2O3/c1-4-11-7(2)14(21-18-11)17-13(19)12-9(15)5-8(20-3)6-10(12)16/h5-6H,4H2,1-3H3,(H,17,19). The van der Waals surface area contributed by atoms with Crippen molar-refractivity contribution in [2.75, 3.05) is 12.4 Å². The maximum Gasteiger partial charge on any atom is 0.264 e. The molecule has 5 nitrogen and oxygen atoms in total. The third-order valence-corrected chi connectivity index (χ3v) is 3.06. The molecular weight excluding hydrogens is 282 g/mol. The summed E-state index contributed by atoms with van der Waals surface area (Å²) in [6.45, 7) is 3.57. The molecule has 0 bridgehead atoms. The van der Waals surface area contributed by atoms with Gasteiger partial charge in [0.15, 0.2) is 0 Å². The highest BCUT2D eigenvalue weighted by Gasteiger charge is 2.22. The van der Waals surface area contributed by atoms with E-state index in [2.05, 4.69) is 10.5 Å². The Morgan fingerprint density at radius 3 is 2.48 bits per heavy atom. The molecule has 0 aliphatic heterocycles. The average Bonchev–Trinajstić information content (AvgIpc) is 2.78. The van der Waals surface area contributed by atoms with Gasteiger partial charge in [-0.1, -0.05) is 12.1 Å². The smallest absolute Gasteiger partial charge is 0.264 e. The van der Waals surface area contributed by atoms with Crippen LogP contribution < -0.4 is 10.1 Å². The molecule has 0 fully saturated rings. The molecule has 0 aliphatic rings. The number of anilines is 1. The van der Waals surface area contributed by atoms with Crippen molar-refractivity contribution in [2.45, 2.75) is 20.3 Å². The first-order valence-corrected chi connectivity index (χ1v) is 6.27. The van der Waals surface area contributed by atoms with Crippen molar-refractivity contribution >= 4 is 11.8 Å². The molecule has 0 saturated carbocycles. The van der Waals surface area contributed by atoms with Crippen molar-refractivity contribution in [1.29, 1.82) is 0 Å². The molecule has 0 aliphatic carbocycles. The second kappa shape index (κ2) is 5.90. The summed E-state index contributed by atoms with van der Waals surface area (Å²) in [5, 5.41) is 6.07. The van der Waals surface area contributed by atoms with Crippen molar-refractivity contribution in [2.24, 2.45) is 0 Å². The lowest BCUT2D eigenvalue weighted by molar-refractivity contribution is 0.101. The fraction of sp³-hybridized carbons (Fsp3) is 0.286. The van der Waals surface area contributed by atoms with Crippen LogP contribution in [0, 0.1) is 18.6 Å². The number of methoxy groups -OCH3 is 1. The lowest BCUT2D eigenvalue weighted by Gasteiger charge is -2.07. The van der Waals surface area contributed by atoms with E-state index in [1.54, 1.807) is 6.92 Å². The monoisotopic (exact) mass is 296 g/mol. The summed E-state index contributed by atoms with van der Waals surface area (Å²) >= 11 is 0. The van der Waals surface area contributed by atoms with Gasteiger partial charge in [-0.3, -0.25) is 10.1 Å². The first-order valence-electron chi connectivity index (χ1n) is 6.27. The predicted molar refractivity (Wildman–Crippen MR) is 71.5 cm³/mol. The molecule has 1 heterocycles. The predicted octanol–water partition coefficient (Wildman–Crippen LogP) is 3.08. The van der Waals surface area contributed by atoms with Crippen LogP contribution >= 0.6 is 0 Å². The number of nitrogens with one attached hydrogen (secondary N) is 1. The van der Waals surface area contributed by atoms with E-state index in [0.29, 0.717) is 17.7 Å². The fourth-order valence-electron chi connectivity index (χ4n) is 1.87. The molecule has 0 unspecified atom stereocenters. The van der Waals surface area contributed by atoms with Crippen LogP contribution in [-0.4, -0.2) is 18.2 Å². The second-order valence-electron chi connectivity index (χ2n) is 4.36. The topological polar surface area (TPSA) is 64.4 Å². The van der Waals surface area contributed by atoms with Gasteiger partial charge in [0.1, 0.15) is 22.9 Å². The second-order valence-corrected chi connectivity index (χ2v) is 4.36. The lowest BCUT2D eigenvalue weighted by Crippen LogP contribution is -2.16. The highest BCUT2D eigenvalue weighted by molar-refractivity contribution is 6.04. The van der Waals surface area contributed by atoms with E-state index in [0.717, 1.165) is 12.1 Å². The van der Waals surface area contributed by atoms with Crippen molar-refractivity contribution < 1.29 is 22.8 Å². The third kappa shape index (κ3) is 2.86. The van der Waals surface area contributed by atoms with Crippen LogP contribution in [0.2, 0.25) is 0 Å². The van der Waals surface area contributed by atoms with Crippen LogP contribution in [0.25, 0.3) is 0 Å². The van der Waals surface area contributed by atoms with E-state index in [9.17, 15) is 13.6 Å². The van der Waals surface area contributed by atoms with Gasteiger partial charge < -0.3 is 9.26 Å². The molecule has 1 amide bonds. The Kier molecular flexibility index (Phi) is 4.21. The van der Waals surface area contributed by atoms with E-state index in [1.165, 1.54) is 7.11 Å². The third-order valence-electron chi connectivity index (χ3n) is 3.06. The van der Waals surface area contributed by atoms with E-state index in [-0.39, 0.29) is 11.6 Å². The molecule has 1 aromatic heterocycles. The van der Waals surface area contributed by atoms with Crippen LogP contribution in [0.15, 0.2) is 16.7 Å². The van der Waals surface area contributed by atoms with Crippen LogP contribution in [0.1, 0.15) is 28.5 Å². The highest BCUT2D eigenvalue weighted by Crippen LogP contribution is 2.23. The van der Waals surface area contributed by atoms with Gasteiger partial charge in [-0.15, -0.1) is 0 Å². The van der Waals surface area contributed by atoms with Crippen LogP contribution in [-0.2, 0) is 6.42 Å². The summed E-state index contributed by atoms with van der Waals surface area (Å²) in [7, 11) is 1.28. The summed E-state index contributed by atoms with van der Waals surface area (Å²) in [5.74, 6) is -2.92. The number of carbonyl (C=O) groups excluding carboxylic acids is 1. The highest BCUT2D eigenvalue weighted by atomic mass is 19.1.